The molecule has 1 saturated heterocycles. The number of carboxylic acids is 1. The van der Waals surface area contributed by atoms with Gasteiger partial charge in [0.05, 0.1) is 11.9 Å². The predicted molar refractivity (Wildman–Crippen MR) is 132 cm³/mol. The van der Waals surface area contributed by atoms with Crippen LogP contribution in [0.3, 0.4) is 0 Å². The van der Waals surface area contributed by atoms with Crippen LogP contribution < -0.4 is 5.32 Å². The highest BCUT2D eigenvalue weighted by molar-refractivity contribution is 8.01. The first kappa shape index (κ1) is 25.1. The van der Waals surface area contributed by atoms with E-state index in [0.29, 0.717) is 5.56 Å². The summed E-state index contributed by atoms with van der Waals surface area (Å²) in [7, 11) is 0. The Morgan fingerprint density at radius 2 is 1.80 bits per heavy atom. The predicted octanol–water partition coefficient (Wildman–Crippen LogP) is 2.70. The highest BCUT2D eigenvalue weighted by Crippen LogP contribution is 2.51. The van der Waals surface area contributed by atoms with Crippen LogP contribution >= 0.6 is 11.8 Å². The van der Waals surface area contributed by atoms with Crippen LogP contribution in [0.25, 0.3) is 0 Å². The maximum absolute atomic E-state index is 13.5. The Balaban J connectivity index is 1.60. The number of carboxylic acid groups (broad SMARTS) is 1. The van der Waals surface area contributed by atoms with Crippen molar-refractivity contribution < 1.29 is 29.7 Å². The number of phenolic OH excluding ortho intramolecular Hbond substituents is 1. The van der Waals surface area contributed by atoms with Gasteiger partial charge in [0.2, 0.25) is 0 Å². The van der Waals surface area contributed by atoms with Crippen molar-refractivity contribution in [3.05, 3.63) is 65.2 Å². The third-order valence-electron chi connectivity index (χ3n) is 7.07. The number of hydrogen-bond donors (Lipinski definition) is 4. The van der Waals surface area contributed by atoms with Gasteiger partial charge in [-0.05, 0) is 43.9 Å². The normalized spacial score (nSPS) is 20.5. The number of hydrogen-bond acceptors (Lipinski definition) is 6. The molecule has 186 valence electrons. The molecule has 2 fully saturated rings. The molecule has 3 atom stereocenters. The molecule has 4 N–H and O–H groups in total. The Labute approximate surface area is 208 Å². The lowest BCUT2D eigenvalue weighted by Gasteiger charge is -2.33. The van der Waals surface area contributed by atoms with Gasteiger partial charge in [-0.2, -0.15) is 0 Å². The maximum Gasteiger partial charge on any atom is 0.327 e. The Morgan fingerprint density at radius 1 is 1.11 bits per heavy atom. The van der Waals surface area contributed by atoms with Gasteiger partial charge in [0, 0.05) is 15.9 Å². The van der Waals surface area contributed by atoms with Gasteiger partial charge >= 0.3 is 5.97 Å². The molecule has 1 spiro atoms. The number of aliphatic hydroxyl groups excluding tert-OH is 1. The van der Waals surface area contributed by atoms with Gasteiger partial charge in [0.15, 0.2) is 6.10 Å². The molecule has 4 rings (SSSR count). The largest absolute Gasteiger partial charge is 0.508 e. The topological polar surface area (TPSA) is 127 Å². The number of benzene rings is 2. The van der Waals surface area contributed by atoms with E-state index in [0.717, 1.165) is 31.2 Å². The van der Waals surface area contributed by atoms with Crippen molar-refractivity contribution in [1.82, 2.24) is 10.2 Å². The number of nitrogens with zero attached hydrogens (tertiary/aromatic N) is 1. The van der Waals surface area contributed by atoms with Gasteiger partial charge in [-0.1, -0.05) is 49.2 Å². The monoisotopic (exact) mass is 498 g/mol. The Bertz CT molecular complexity index is 1100. The molecule has 0 bridgehead atoms. The second kappa shape index (κ2) is 10.3. The van der Waals surface area contributed by atoms with E-state index >= 15 is 0 Å². The smallest absolute Gasteiger partial charge is 0.327 e. The second-order valence-corrected chi connectivity index (χ2v) is 10.6. The third kappa shape index (κ3) is 5.01. The zero-order valence-electron chi connectivity index (χ0n) is 19.5. The molecule has 1 saturated carbocycles. The molecule has 9 heteroatoms. The van der Waals surface area contributed by atoms with E-state index < -0.39 is 40.7 Å². The number of carbonyl (C=O) groups excluding carboxylic acids is 2. The van der Waals surface area contributed by atoms with E-state index in [2.05, 4.69) is 5.32 Å². The van der Waals surface area contributed by atoms with Crippen LogP contribution in [-0.2, 0) is 16.0 Å². The van der Waals surface area contributed by atoms with Gasteiger partial charge in [0.25, 0.3) is 11.8 Å². The third-order valence-corrected chi connectivity index (χ3v) is 8.68. The van der Waals surface area contributed by atoms with E-state index in [1.165, 1.54) is 22.7 Å². The minimum absolute atomic E-state index is 0.0332. The van der Waals surface area contributed by atoms with Crippen LogP contribution in [0.4, 0.5) is 0 Å². The summed E-state index contributed by atoms with van der Waals surface area (Å²) in [6.07, 6.45) is 1.79. The summed E-state index contributed by atoms with van der Waals surface area (Å²) >= 11 is 1.47. The number of aliphatic hydroxyl groups is 1. The zero-order chi connectivity index (χ0) is 25.2. The van der Waals surface area contributed by atoms with Crippen LogP contribution in [-0.4, -0.2) is 66.8 Å². The van der Waals surface area contributed by atoms with E-state index in [-0.39, 0.29) is 23.6 Å². The van der Waals surface area contributed by atoms with E-state index in [1.807, 2.05) is 30.3 Å². The fourth-order valence-corrected chi connectivity index (χ4v) is 6.78. The molecule has 2 aromatic carbocycles. The fourth-order valence-electron chi connectivity index (χ4n) is 5.14. The number of rotatable bonds is 7. The standard InChI is InChI=1S/C26H30N2O6S/c1-16-18(10-7-11-20(16)29)23(31)27-19(14-17-8-3-2-4-9-17)21(30)24(32)28-15-35-26(12-5-6-13-26)22(28)25(33)34/h2-4,7-11,19,21-22,29-30H,5-6,12-15H2,1H3,(H,27,31)(H,33,34)/t19-,21-,22-/m0/s1. The summed E-state index contributed by atoms with van der Waals surface area (Å²) in [6, 6.07) is 11.7. The van der Waals surface area contributed by atoms with Crippen molar-refractivity contribution >= 4 is 29.5 Å². The number of phenols is 1. The van der Waals surface area contributed by atoms with E-state index in [1.54, 1.807) is 19.1 Å². The molecule has 1 heterocycles. The average molecular weight is 499 g/mol. The SMILES string of the molecule is Cc1c(O)cccc1C(=O)N[C@@H](Cc1ccccc1)[C@H](O)C(=O)N1CSC2(CCCC2)[C@@H]1C(=O)O. The molecule has 2 aromatic rings. The van der Waals surface area contributed by atoms with Crippen molar-refractivity contribution in [2.45, 2.75) is 62.0 Å². The fraction of sp³-hybridized carbons (Fsp3) is 0.423. The summed E-state index contributed by atoms with van der Waals surface area (Å²) in [6.45, 7) is 1.61. The molecule has 0 aromatic heterocycles. The molecular weight excluding hydrogens is 468 g/mol. The minimum atomic E-state index is -1.64. The lowest BCUT2D eigenvalue weighted by molar-refractivity contribution is -0.154. The van der Waals surface area contributed by atoms with Gasteiger partial charge in [-0.15, -0.1) is 11.8 Å². The minimum Gasteiger partial charge on any atom is -0.508 e. The van der Waals surface area contributed by atoms with Gasteiger partial charge in [0.1, 0.15) is 11.8 Å². The number of aromatic hydroxyl groups is 1. The van der Waals surface area contributed by atoms with Crippen LogP contribution in [0.2, 0.25) is 0 Å². The summed E-state index contributed by atoms with van der Waals surface area (Å²) in [4.78, 5) is 40.0. The number of aliphatic carboxylic acids is 1. The van der Waals surface area contributed by atoms with Gasteiger partial charge < -0.3 is 25.5 Å². The van der Waals surface area contributed by atoms with Crippen LogP contribution in [0, 0.1) is 6.92 Å². The van der Waals surface area contributed by atoms with E-state index in [4.69, 9.17) is 0 Å². The lowest BCUT2D eigenvalue weighted by Crippen LogP contribution is -2.57. The van der Waals surface area contributed by atoms with Crippen molar-refractivity contribution in [1.29, 1.82) is 0 Å². The Kier molecular flexibility index (Phi) is 7.37. The van der Waals surface area contributed by atoms with Crippen molar-refractivity contribution in [2.75, 3.05) is 5.88 Å². The molecule has 2 aliphatic rings. The molecule has 0 unspecified atom stereocenters. The first-order chi connectivity index (χ1) is 16.7. The number of carbonyl (C=O) groups is 3. The molecule has 2 amide bonds. The first-order valence-electron chi connectivity index (χ1n) is 11.7. The molecule has 35 heavy (non-hydrogen) atoms. The summed E-state index contributed by atoms with van der Waals surface area (Å²) in [5.74, 6) is -2.16. The van der Waals surface area contributed by atoms with E-state index in [9.17, 15) is 29.7 Å². The second-order valence-electron chi connectivity index (χ2n) is 9.26. The van der Waals surface area contributed by atoms with Crippen molar-refractivity contribution in [3.63, 3.8) is 0 Å². The number of nitrogens with one attached hydrogen (secondary N) is 1. The zero-order valence-corrected chi connectivity index (χ0v) is 20.3. The highest BCUT2D eigenvalue weighted by atomic mass is 32.2. The number of thioether (sulfide) groups is 1. The summed E-state index contributed by atoms with van der Waals surface area (Å²) in [5.41, 5.74) is 1.41. The molecule has 8 nitrogen and oxygen atoms in total. The molecular formula is C26H30N2O6S. The molecule has 0 radical (unpaired) electrons. The molecule has 1 aliphatic carbocycles. The van der Waals surface area contributed by atoms with Crippen LogP contribution in [0.15, 0.2) is 48.5 Å². The lowest BCUT2D eigenvalue weighted by atomic mass is 9.94. The summed E-state index contributed by atoms with van der Waals surface area (Å²) in [5, 5.41) is 33.9. The van der Waals surface area contributed by atoms with Gasteiger partial charge in [-0.3, -0.25) is 9.59 Å². The summed E-state index contributed by atoms with van der Waals surface area (Å²) < 4.78 is -0.530. The molecule has 1 aliphatic heterocycles. The quantitative estimate of drug-likeness (QED) is 0.462. The van der Waals surface area contributed by atoms with Crippen LogP contribution in [0.5, 0.6) is 5.75 Å². The average Bonchev–Trinajstić information content (AvgIpc) is 3.47. The Morgan fingerprint density at radius 3 is 2.46 bits per heavy atom. The van der Waals surface area contributed by atoms with Crippen molar-refractivity contribution in [3.8, 4) is 5.75 Å². The van der Waals surface area contributed by atoms with Crippen molar-refractivity contribution in [2.24, 2.45) is 0 Å². The maximum atomic E-state index is 13.5. The Hall–Kier alpha value is -3.04. The van der Waals surface area contributed by atoms with Gasteiger partial charge in [-0.25, -0.2) is 4.79 Å². The number of amides is 2. The first-order valence-corrected chi connectivity index (χ1v) is 12.7. The highest BCUT2D eigenvalue weighted by Gasteiger charge is 2.55. The van der Waals surface area contributed by atoms with Crippen LogP contribution in [0.1, 0.15) is 47.2 Å².